The smallest absolute Gasteiger partial charge is 0.0667 e. The summed E-state index contributed by atoms with van der Waals surface area (Å²) in [6, 6.07) is 0.708. The van der Waals surface area contributed by atoms with Crippen LogP contribution in [0.3, 0.4) is 0 Å². The van der Waals surface area contributed by atoms with Gasteiger partial charge in [0, 0.05) is 37.7 Å². The fourth-order valence-electron chi connectivity index (χ4n) is 1.47. The Hall–Kier alpha value is 0.230. The zero-order valence-electron chi connectivity index (χ0n) is 9.21. The molecular weight excluding hydrogens is 196 g/mol. The summed E-state index contributed by atoms with van der Waals surface area (Å²) < 4.78 is 5.16. The van der Waals surface area contributed by atoms with Gasteiger partial charge >= 0.3 is 0 Å². The molecule has 1 saturated heterocycles. The zero-order valence-corrected chi connectivity index (χ0v) is 10.0. The number of rotatable bonds is 6. The van der Waals surface area contributed by atoms with Crippen molar-refractivity contribution in [3.8, 4) is 0 Å². The van der Waals surface area contributed by atoms with Crippen LogP contribution in [0, 0.1) is 0 Å². The first-order valence-corrected chi connectivity index (χ1v) is 6.53. The van der Waals surface area contributed by atoms with Crippen LogP contribution in [0.5, 0.6) is 0 Å². The largest absolute Gasteiger partial charge is 0.380 e. The second kappa shape index (κ2) is 7.51. The lowest BCUT2D eigenvalue weighted by Gasteiger charge is -2.23. The van der Waals surface area contributed by atoms with Crippen LogP contribution in [0.25, 0.3) is 0 Å². The van der Waals surface area contributed by atoms with Crippen molar-refractivity contribution >= 4 is 11.8 Å². The van der Waals surface area contributed by atoms with Gasteiger partial charge in [-0.25, -0.2) is 0 Å². The van der Waals surface area contributed by atoms with Gasteiger partial charge in [0.25, 0.3) is 0 Å². The molecule has 0 aromatic heterocycles. The molecule has 0 amide bonds. The number of nitrogens with one attached hydrogen (secondary N) is 2. The lowest BCUT2D eigenvalue weighted by molar-refractivity contribution is 0.117. The summed E-state index contributed by atoms with van der Waals surface area (Å²) in [6.45, 7) is 5.30. The van der Waals surface area contributed by atoms with Gasteiger partial charge in [-0.1, -0.05) is 0 Å². The van der Waals surface area contributed by atoms with E-state index in [9.17, 15) is 0 Å². The average molecular weight is 218 g/mol. The van der Waals surface area contributed by atoms with Crippen molar-refractivity contribution in [1.29, 1.82) is 0 Å². The van der Waals surface area contributed by atoms with Crippen LogP contribution < -0.4 is 10.6 Å². The summed E-state index contributed by atoms with van der Waals surface area (Å²) in [5.41, 5.74) is 0. The Balaban J connectivity index is 1.92. The Morgan fingerprint density at radius 2 is 2.50 bits per heavy atom. The Bertz CT molecular complexity index is 140. The minimum Gasteiger partial charge on any atom is -0.380 e. The van der Waals surface area contributed by atoms with Crippen molar-refractivity contribution in [2.24, 2.45) is 0 Å². The highest BCUT2D eigenvalue weighted by Crippen LogP contribution is 2.09. The van der Waals surface area contributed by atoms with E-state index in [0.29, 0.717) is 12.1 Å². The van der Waals surface area contributed by atoms with Gasteiger partial charge in [0.2, 0.25) is 0 Å². The molecule has 0 aromatic carbocycles. The Morgan fingerprint density at radius 1 is 1.64 bits per heavy atom. The first kappa shape index (κ1) is 12.3. The molecule has 3 nitrogen and oxygen atoms in total. The molecule has 2 N–H and O–H groups in total. The van der Waals surface area contributed by atoms with Crippen molar-refractivity contribution in [3.63, 3.8) is 0 Å². The maximum Gasteiger partial charge on any atom is 0.0667 e. The van der Waals surface area contributed by atoms with Crippen molar-refractivity contribution in [2.45, 2.75) is 25.5 Å². The molecule has 84 valence electrons. The summed E-state index contributed by atoms with van der Waals surface area (Å²) in [4.78, 5) is 0. The van der Waals surface area contributed by atoms with E-state index in [1.54, 1.807) is 7.11 Å². The molecule has 2 unspecified atom stereocenters. The molecule has 0 bridgehead atoms. The predicted octanol–water partition coefficient (Wildman–Crippen LogP) is 0.706. The fraction of sp³-hybridized carbons (Fsp3) is 1.00. The second-order valence-electron chi connectivity index (χ2n) is 3.77. The minimum absolute atomic E-state index is 0.323. The van der Waals surface area contributed by atoms with Crippen LogP contribution in [0.1, 0.15) is 13.3 Å². The lowest BCUT2D eigenvalue weighted by Crippen LogP contribution is -2.40. The van der Waals surface area contributed by atoms with E-state index in [0.717, 1.165) is 13.1 Å². The van der Waals surface area contributed by atoms with Gasteiger partial charge in [-0.15, -0.1) is 0 Å². The predicted molar refractivity (Wildman–Crippen MR) is 63.1 cm³/mol. The summed E-state index contributed by atoms with van der Waals surface area (Å²) in [5, 5.41) is 6.94. The van der Waals surface area contributed by atoms with Crippen molar-refractivity contribution in [3.05, 3.63) is 0 Å². The van der Waals surface area contributed by atoms with Crippen molar-refractivity contribution in [1.82, 2.24) is 10.6 Å². The van der Waals surface area contributed by atoms with E-state index < -0.39 is 0 Å². The van der Waals surface area contributed by atoms with Gasteiger partial charge in [-0.3, -0.25) is 0 Å². The zero-order chi connectivity index (χ0) is 10.2. The van der Waals surface area contributed by atoms with E-state index >= 15 is 0 Å². The molecule has 4 heteroatoms. The summed E-state index contributed by atoms with van der Waals surface area (Å²) in [5.74, 6) is 2.53. The third-order valence-electron chi connectivity index (χ3n) is 2.50. The lowest BCUT2D eigenvalue weighted by atomic mass is 10.2. The Labute approximate surface area is 91.4 Å². The maximum atomic E-state index is 5.16. The van der Waals surface area contributed by atoms with Crippen LogP contribution in [-0.2, 0) is 4.74 Å². The molecule has 0 spiro atoms. The van der Waals surface area contributed by atoms with Crippen molar-refractivity contribution in [2.75, 3.05) is 38.2 Å². The minimum atomic E-state index is 0.323. The van der Waals surface area contributed by atoms with Gasteiger partial charge in [-0.05, 0) is 19.9 Å². The number of hydrogen-bond acceptors (Lipinski definition) is 4. The number of thioether (sulfide) groups is 1. The third kappa shape index (κ3) is 5.20. The highest BCUT2D eigenvalue weighted by Gasteiger charge is 2.11. The molecule has 14 heavy (non-hydrogen) atoms. The van der Waals surface area contributed by atoms with Crippen LogP contribution in [0.2, 0.25) is 0 Å². The maximum absolute atomic E-state index is 5.16. The molecule has 1 rings (SSSR count). The van der Waals surface area contributed by atoms with E-state index in [4.69, 9.17) is 4.74 Å². The molecule has 0 aromatic rings. The summed E-state index contributed by atoms with van der Waals surface area (Å²) in [7, 11) is 1.76. The van der Waals surface area contributed by atoms with Gasteiger partial charge < -0.3 is 15.4 Å². The molecule has 2 atom stereocenters. The van der Waals surface area contributed by atoms with Crippen LogP contribution in [0.4, 0.5) is 0 Å². The quantitative estimate of drug-likeness (QED) is 0.643. The molecule has 1 heterocycles. The van der Waals surface area contributed by atoms with E-state index in [1.807, 2.05) is 0 Å². The van der Waals surface area contributed by atoms with Gasteiger partial charge in [-0.2, -0.15) is 11.8 Å². The van der Waals surface area contributed by atoms with Crippen LogP contribution in [0.15, 0.2) is 0 Å². The van der Waals surface area contributed by atoms with Crippen LogP contribution >= 0.6 is 11.8 Å². The fourth-order valence-corrected chi connectivity index (χ4v) is 2.47. The van der Waals surface area contributed by atoms with Gasteiger partial charge in [0.05, 0.1) is 6.10 Å². The molecule has 0 aliphatic carbocycles. The molecular formula is C10H22N2OS. The highest BCUT2D eigenvalue weighted by molar-refractivity contribution is 7.99. The SMILES string of the molecule is COC(C)CNCCC1CSCCN1. The van der Waals surface area contributed by atoms with Gasteiger partial charge in [0.15, 0.2) is 0 Å². The van der Waals surface area contributed by atoms with Gasteiger partial charge in [0.1, 0.15) is 0 Å². The van der Waals surface area contributed by atoms with Crippen LogP contribution in [-0.4, -0.2) is 50.4 Å². The van der Waals surface area contributed by atoms with E-state index in [2.05, 4.69) is 29.3 Å². The first-order chi connectivity index (χ1) is 6.83. The number of hydrogen-bond donors (Lipinski definition) is 2. The average Bonchev–Trinajstić information content (AvgIpc) is 2.25. The van der Waals surface area contributed by atoms with E-state index in [1.165, 1.54) is 24.5 Å². The summed E-state index contributed by atoms with van der Waals surface area (Å²) in [6.07, 6.45) is 1.55. The second-order valence-corrected chi connectivity index (χ2v) is 4.91. The topological polar surface area (TPSA) is 33.3 Å². The molecule has 0 saturated carbocycles. The number of ether oxygens (including phenoxy) is 1. The normalized spacial score (nSPS) is 24.9. The van der Waals surface area contributed by atoms with E-state index in [-0.39, 0.29) is 0 Å². The third-order valence-corrected chi connectivity index (χ3v) is 3.63. The number of methoxy groups -OCH3 is 1. The Kier molecular flexibility index (Phi) is 6.60. The van der Waals surface area contributed by atoms with Crippen molar-refractivity contribution < 1.29 is 4.74 Å². The molecule has 1 aliphatic rings. The highest BCUT2D eigenvalue weighted by atomic mass is 32.2. The Morgan fingerprint density at radius 3 is 3.14 bits per heavy atom. The standard InChI is InChI=1S/C10H22N2OS/c1-9(13-2)7-11-4-3-10-8-14-6-5-12-10/h9-12H,3-8H2,1-2H3. The monoisotopic (exact) mass is 218 g/mol. The first-order valence-electron chi connectivity index (χ1n) is 5.37. The molecule has 1 aliphatic heterocycles. The molecule has 0 radical (unpaired) electrons. The molecule has 1 fully saturated rings. The summed E-state index contributed by atoms with van der Waals surface area (Å²) >= 11 is 2.06.